The molecule has 2 heteroatoms. The Balaban J connectivity index is 2.67. The third-order valence-electron chi connectivity index (χ3n) is 2.70. The first kappa shape index (κ1) is 12.3. The second-order valence-corrected chi connectivity index (χ2v) is 5.71. The van der Waals surface area contributed by atoms with E-state index in [9.17, 15) is 0 Å². The fourth-order valence-corrected chi connectivity index (χ4v) is 2.57. The van der Waals surface area contributed by atoms with Crippen LogP contribution < -0.4 is 5.32 Å². The van der Waals surface area contributed by atoms with Crippen molar-refractivity contribution >= 4 is 0 Å². The van der Waals surface area contributed by atoms with Gasteiger partial charge in [0.15, 0.2) is 0 Å². The van der Waals surface area contributed by atoms with Gasteiger partial charge in [0.2, 0.25) is 0 Å². The first-order valence-electron chi connectivity index (χ1n) is 5.51. The lowest BCUT2D eigenvalue weighted by Gasteiger charge is -2.46. The van der Waals surface area contributed by atoms with E-state index in [1.807, 2.05) is 0 Å². The molecule has 15 heavy (non-hydrogen) atoms. The third-order valence-corrected chi connectivity index (χ3v) is 2.70. The van der Waals surface area contributed by atoms with Gasteiger partial charge in [-0.15, -0.1) is 0 Å². The summed E-state index contributed by atoms with van der Waals surface area (Å²) in [5, 5.41) is 3.62. The van der Waals surface area contributed by atoms with Crippen LogP contribution in [0.1, 0.15) is 40.5 Å². The van der Waals surface area contributed by atoms with E-state index in [1.54, 1.807) is 6.08 Å². The van der Waals surface area contributed by atoms with Crippen molar-refractivity contribution in [2.45, 2.75) is 57.7 Å². The predicted octanol–water partition coefficient (Wildman–Crippen LogP) is 3.01. The third kappa shape index (κ3) is 3.71. The summed E-state index contributed by atoms with van der Waals surface area (Å²) >= 11 is 0. The monoisotopic (exact) mass is 209 g/mol. The summed E-state index contributed by atoms with van der Waals surface area (Å²) < 4.78 is 5.76. The smallest absolute Gasteiger partial charge is 0.111 e. The molecule has 1 saturated heterocycles. The van der Waals surface area contributed by atoms with Gasteiger partial charge in [0.25, 0.3) is 0 Å². The van der Waals surface area contributed by atoms with Crippen molar-refractivity contribution in [1.82, 2.24) is 5.32 Å². The molecule has 86 valence electrons. The Morgan fingerprint density at radius 3 is 2.13 bits per heavy atom. The van der Waals surface area contributed by atoms with E-state index in [1.165, 1.54) is 0 Å². The number of ether oxygens (including phenoxy) is 1. The van der Waals surface area contributed by atoms with Gasteiger partial charge in [0.05, 0.1) is 0 Å². The van der Waals surface area contributed by atoms with E-state index in [-0.39, 0.29) is 17.2 Å². The fourth-order valence-electron chi connectivity index (χ4n) is 2.57. The maximum atomic E-state index is 5.76. The minimum atomic E-state index is 0.119. The fraction of sp³-hybridized carbons (Fsp3) is 0.692. The second-order valence-electron chi connectivity index (χ2n) is 5.71. The Morgan fingerprint density at radius 1 is 1.27 bits per heavy atom. The largest absolute Gasteiger partial charge is 0.491 e. The van der Waals surface area contributed by atoms with E-state index in [0.29, 0.717) is 5.76 Å². The van der Waals surface area contributed by atoms with Crippen LogP contribution in [0.2, 0.25) is 0 Å². The van der Waals surface area contributed by atoms with E-state index < -0.39 is 0 Å². The van der Waals surface area contributed by atoms with E-state index in [2.05, 4.69) is 46.2 Å². The zero-order valence-corrected chi connectivity index (χ0v) is 10.4. The summed E-state index contributed by atoms with van der Waals surface area (Å²) in [6.07, 6.45) is 3.91. The molecule has 0 aromatic heterocycles. The molecule has 0 aromatic carbocycles. The quantitative estimate of drug-likeness (QED) is 0.570. The molecule has 0 atom stereocenters. The van der Waals surface area contributed by atoms with Crippen LogP contribution in [0.15, 0.2) is 25.0 Å². The lowest BCUT2D eigenvalue weighted by Crippen LogP contribution is -2.59. The number of allylic oxidation sites excluding steroid dienone is 1. The topological polar surface area (TPSA) is 21.3 Å². The molecule has 0 amide bonds. The van der Waals surface area contributed by atoms with Gasteiger partial charge >= 0.3 is 0 Å². The normalized spacial score (nSPS) is 24.5. The lowest BCUT2D eigenvalue weighted by molar-refractivity contribution is 0.0189. The zero-order chi connectivity index (χ0) is 11.7. The highest BCUT2D eigenvalue weighted by atomic mass is 16.5. The van der Waals surface area contributed by atoms with Crippen molar-refractivity contribution in [2.24, 2.45) is 0 Å². The minimum Gasteiger partial charge on any atom is -0.491 e. The Kier molecular flexibility index (Phi) is 3.29. The van der Waals surface area contributed by atoms with Gasteiger partial charge in [0.1, 0.15) is 11.9 Å². The standard InChI is InChI=1S/C13H23NO/c1-7-10(2)15-11-8-12(3,4)14-13(5,6)9-11/h7,11,14H,1-2,8-9H2,3-6H3. The molecule has 1 N–H and O–H groups in total. The van der Waals surface area contributed by atoms with Crippen molar-refractivity contribution < 1.29 is 4.74 Å². The van der Waals surface area contributed by atoms with Gasteiger partial charge < -0.3 is 10.1 Å². The summed E-state index contributed by atoms with van der Waals surface area (Å²) in [7, 11) is 0. The van der Waals surface area contributed by atoms with Crippen molar-refractivity contribution in [3.63, 3.8) is 0 Å². The number of hydrogen-bond donors (Lipinski definition) is 1. The molecule has 0 unspecified atom stereocenters. The lowest BCUT2D eigenvalue weighted by atomic mass is 9.81. The summed E-state index contributed by atoms with van der Waals surface area (Å²) in [6, 6.07) is 0. The minimum absolute atomic E-state index is 0.119. The molecule has 1 fully saturated rings. The van der Waals surface area contributed by atoms with Crippen molar-refractivity contribution in [3.8, 4) is 0 Å². The molecule has 1 rings (SSSR count). The van der Waals surface area contributed by atoms with E-state index in [0.717, 1.165) is 12.8 Å². The average molecular weight is 209 g/mol. The van der Waals surface area contributed by atoms with E-state index >= 15 is 0 Å². The van der Waals surface area contributed by atoms with Gasteiger partial charge in [-0.1, -0.05) is 13.2 Å². The Labute approximate surface area is 93.4 Å². The van der Waals surface area contributed by atoms with Crippen LogP contribution in [-0.4, -0.2) is 17.2 Å². The molecule has 0 bridgehead atoms. The molecular weight excluding hydrogens is 186 g/mol. The maximum Gasteiger partial charge on any atom is 0.111 e. The summed E-state index contributed by atoms with van der Waals surface area (Å²) in [4.78, 5) is 0. The summed E-state index contributed by atoms with van der Waals surface area (Å²) in [5.74, 6) is 0.675. The molecule has 0 aromatic rings. The second kappa shape index (κ2) is 4.01. The molecule has 0 saturated carbocycles. The molecule has 0 aliphatic carbocycles. The van der Waals surface area contributed by atoms with Crippen LogP contribution in [-0.2, 0) is 4.74 Å². The molecule has 0 radical (unpaired) electrons. The average Bonchev–Trinajstić information content (AvgIpc) is 1.97. The van der Waals surface area contributed by atoms with Crippen molar-refractivity contribution in [3.05, 3.63) is 25.0 Å². The van der Waals surface area contributed by atoms with Crippen LogP contribution in [0.5, 0.6) is 0 Å². The van der Waals surface area contributed by atoms with Crippen molar-refractivity contribution in [1.29, 1.82) is 0 Å². The van der Waals surface area contributed by atoms with Gasteiger partial charge in [0, 0.05) is 23.9 Å². The Morgan fingerprint density at radius 2 is 1.73 bits per heavy atom. The van der Waals surface area contributed by atoms with Gasteiger partial charge in [-0.05, 0) is 33.8 Å². The van der Waals surface area contributed by atoms with Crippen LogP contribution in [0.4, 0.5) is 0 Å². The molecule has 2 nitrogen and oxygen atoms in total. The molecule has 1 aliphatic heterocycles. The van der Waals surface area contributed by atoms with E-state index in [4.69, 9.17) is 4.74 Å². The molecular formula is C13H23NO. The van der Waals surface area contributed by atoms with Crippen LogP contribution in [0.3, 0.4) is 0 Å². The van der Waals surface area contributed by atoms with Gasteiger partial charge in [-0.2, -0.15) is 0 Å². The van der Waals surface area contributed by atoms with Crippen LogP contribution in [0, 0.1) is 0 Å². The first-order valence-corrected chi connectivity index (χ1v) is 5.51. The predicted molar refractivity (Wildman–Crippen MR) is 64.7 cm³/mol. The van der Waals surface area contributed by atoms with Crippen LogP contribution in [0.25, 0.3) is 0 Å². The van der Waals surface area contributed by atoms with Gasteiger partial charge in [-0.3, -0.25) is 0 Å². The van der Waals surface area contributed by atoms with Crippen LogP contribution >= 0.6 is 0 Å². The Bertz CT molecular complexity index is 250. The SMILES string of the molecule is C=CC(=C)OC1CC(C)(C)NC(C)(C)C1. The maximum absolute atomic E-state index is 5.76. The number of nitrogens with one attached hydrogen (secondary N) is 1. The van der Waals surface area contributed by atoms with Crippen molar-refractivity contribution in [2.75, 3.05) is 0 Å². The molecule has 0 spiro atoms. The molecule has 1 aliphatic rings. The highest BCUT2D eigenvalue weighted by Gasteiger charge is 2.38. The number of rotatable bonds is 3. The number of hydrogen-bond acceptors (Lipinski definition) is 2. The first-order chi connectivity index (χ1) is 6.74. The molecule has 1 heterocycles. The summed E-state index contributed by atoms with van der Waals surface area (Å²) in [5.41, 5.74) is 0.238. The highest BCUT2D eigenvalue weighted by Crippen LogP contribution is 2.31. The zero-order valence-electron chi connectivity index (χ0n) is 10.4. The van der Waals surface area contributed by atoms with Gasteiger partial charge in [-0.25, -0.2) is 0 Å². The highest BCUT2D eigenvalue weighted by molar-refractivity contribution is 5.05. The Hall–Kier alpha value is -0.760. The number of piperidine rings is 1. The summed E-state index contributed by atoms with van der Waals surface area (Å²) in [6.45, 7) is 16.3.